The summed E-state index contributed by atoms with van der Waals surface area (Å²) in [6.07, 6.45) is 1.87. The fourth-order valence-electron chi connectivity index (χ4n) is 1.74. The van der Waals surface area contributed by atoms with Crippen molar-refractivity contribution in [2.45, 2.75) is 43.0 Å². The Kier molecular flexibility index (Phi) is 5.77. The molecular formula is C13H22N2O4S2. The Bertz CT molecular complexity index is 695. The Morgan fingerprint density at radius 2 is 1.76 bits per heavy atom. The van der Waals surface area contributed by atoms with Crippen LogP contribution in [0.15, 0.2) is 28.0 Å². The summed E-state index contributed by atoms with van der Waals surface area (Å²) in [6.45, 7) is 5.97. The van der Waals surface area contributed by atoms with E-state index in [4.69, 9.17) is 0 Å². The third-order valence-corrected chi connectivity index (χ3v) is 5.44. The van der Waals surface area contributed by atoms with E-state index >= 15 is 0 Å². The fourth-order valence-corrected chi connectivity index (χ4v) is 3.92. The number of sulfone groups is 1. The molecule has 2 N–H and O–H groups in total. The third-order valence-electron chi connectivity index (χ3n) is 2.63. The lowest BCUT2D eigenvalue weighted by atomic mass is 10.3. The molecule has 0 saturated heterocycles. The molecule has 0 heterocycles. The zero-order valence-electron chi connectivity index (χ0n) is 12.7. The Labute approximate surface area is 126 Å². The number of rotatable bonds is 7. The topological polar surface area (TPSA) is 92.3 Å². The Hall–Kier alpha value is -1.12. The average molecular weight is 334 g/mol. The molecule has 0 aliphatic carbocycles. The van der Waals surface area contributed by atoms with Gasteiger partial charge in [0.1, 0.15) is 4.90 Å². The smallest absolute Gasteiger partial charge is 0.242 e. The van der Waals surface area contributed by atoms with Crippen LogP contribution in [0.2, 0.25) is 0 Å². The second-order valence-electron chi connectivity index (χ2n) is 5.13. The van der Waals surface area contributed by atoms with Gasteiger partial charge in [-0.25, -0.2) is 21.6 Å². The van der Waals surface area contributed by atoms with Gasteiger partial charge in [0.05, 0.1) is 10.6 Å². The van der Waals surface area contributed by atoms with Gasteiger partial charge in [0.15, 0.2) is 9.84 Å². The predicted octanol–water partition coefficient (Wildman–Crippen LogP) is 1.60. The quantitative estimate of drug-likeness (QED) is 0.790. The second-order valence-corrected chi connectivity index (χ2v) is 8.83. The van der Waals surface area contributed by atoms with Crippen LogP contribution in [0, 0.1) is 0 Å². The molecule has 0 aromatic heterocycles. The summed E-state index contributed by atoms with van der Waals surface area (Å²) in [7, 11) is -7.25. The van der Waals surface area contributed by atoms with Crippen molar-refractivity contribution >= 4 is 25.5 Å². The van der Waals surface area contributed by atoms with Gasteiger partial charge in [0.2, 0.25) is 10.0 Å². The van der Waals surface area contributed by atoms with Crippen molar-refractivity contribution in [1.29, 1.82) is 0 Å². The van der Waals surface area contributed by atoms with Crippen LogP contribution in [0.25, 0.3) is 0 Å². The molecule has 0 bridgehead atoms. The van der Waals surface area contributed by atoms with Crippen molar-refractivity contribution in [3.05, 3.63) is 18.2 Å². The lowest BCUT2D eigenvalue weighted by Crippen LogP contribution is -2.31. The van der Waals surface area contributed by atoms with E-state index < -0.39 is 19.9 Å². The van der Waals surface area contributed by atoms with Crippen LogP contribution in [0.4, 0.5) is 5.69 Å². The molecule has 8 heteroatoms. The Morgan fingerprint density at radius 3 is 2.24 bits per heavy atom. The molecule has 1 aromatic carbocycles. The molecule has 0 aliphatic heterocycles. The van der Waals surface area contributed by atoms with E-state index in [1.807, 2.05) is 6.92 Å². The van der Waals surface area contributed by atoms with Crippen LogP contribution in [0.1, 0.15) is 27.2 Å². The Morgan fingerprint density at radius 1 is 1.14 bits per heavy atom. The monoisotopic (exact) mass is 334 g/mol. The minimum absolute atomic E-state index is 0.0197. The minimum atomic E-state index is -3.78. The summed E-state index contributed by atoms with van der Waals surface area (Å²) in [5.74, 6) is 0. The molecule has 0 spiro atoms. The summed E-state index contributed by atoms with van der Waals surface area (Å²) in [6, 6.07) is 3.80. The molecule has 0 unspecified atom stereocenters. The van der Waals surface area contributed by atoms with Gasteiger partial charge in [0, 0.05) is 18.8 Å². The molecule has 21 heavy (non-hydrogen) atoms. The summed E-state index contributed by atoms with van der Waals surface area (Å²) in [4.78, 5) is -0.0683. The van der Waals surface area contributed by atoms with Crippen LogP contribution in [-0.4, -0.2) is 35.7 Å². The maximum absolute atomic E-state index is 12.4. The fraction of sp³-hybridized carbons (Fsp3) is 0.538. The highest BCUT2D eigenvalue weighted by atomic mass is 32.2. The van der Waals surface area contributed by atoms with E-state index in [9.17, 15) is 16.8 Å². The molecule has 0 fully saturated rings. The average Bonchev–Trinajstić information content (AvgIpc) is 2.33. The van der Waals surface area contributed by atoms with Gasteiger partial charge >= 0.3 is 0 Å². The third kappa shape index (κ3) is 4.98. The SMILES string of the molecule is CCCNc1ccc(S(C)(=O)=O)cc1S(=O)(=O)NC(C)C. The molecule has 0 atom stereocenters. The van der Waals surface area contributed by atoms with Gasteiger partial charge in [-0.15, -0.1) is 0 Å². The number of nitrogens with one attached hydrogen (secondary N) is 2. The van der Waals surface area contributed by atoms with Gasteiger partial charge in [0.25, 0.3) is 0 Å². The van der Waals surface area contributed by atoms with Gasteiger partial charge in [-0.1, -0.05) is 6.92 Å². The Balaban J connectivity index is 3.42. The van der Waals surface area contributed by atoms with Crippen molar-refractivity contribution < 1.29 is 16.8 Å². The van der Waals surface area contributed by atoms with Crippen LogP contribution in [-0.2, 0) is 19.9 Å². The summed E-state index contributed by atoms with van der Waals surface area (Å²) >= 11 is 0. The first-order valence-electron chi connectivity index (χ1n) is 6.68. The van der Waals surface area contributed by atoms with E-state index in [0.29, 0.717) is 12.2 Å². The maximum Gasteiger partial charge on any atom is 0.242 e. The first-order chi connectivity index (χ1) is 9.58. The van der Waals surface area contributed by atoms with Crippen molar-refractivity contribution in [3.63, 3.8) is 0 Å². The normalized spacial score (nSPS) is 12.6. The van der Waals surface area contributed by atoms with E-state index in [1.54, 1.807) is 13.8 Å². The number of hydrogen-bond acceptors (Lipinski definition) is 5. The molecule has 0 saturated carbocycles. The van der Waals surface area contributed by atoms with Gasteiger partial charge in [-0.05, 0) is 38.5 Å². The zero-order valence-corrected chi connectivity index (χ0v) is 14.3. The number of anilines is 1. The van der Waals surface area contributed by atoms with Crippen LogP contribution in [0.5, 0.6) is 0 Å². The van der Waals surface area contributed by atoms with Crippen LogP contribution < -0.4 is 10.0 Å². The molecule has 120 valence electrons. The highest BCUT2D eigenvalue weighted by Gasteiger charge is 2.22. The standard InChI is InChI=1S/C13H22N2O4S2/c1-5-8-14-12-7-6-11(20(4,16)17)9-13(12)21(18,19)15-10(2)3/h6-7,9-10,14-15H,5,8H2,1-4H3. The van der Waals surface area contributed by atoms with Crippen LogP contribution >= 0.6 is 0 Å². The first-order valence-corrected chi connectivity index (χ1v) is 10.1. The molecule has 1 rings (SSSR count). The largest absolute Gasteiger partial charge is 0.384 e. The predicted molar refractivity (Wildman–Crippen MR) is 83.8 cm³/mol. The molecule has 1 aromatic rings. The number of hydrogen-bond donors (Lipinski definition) is 2. The van der Waals surface area contributed by atoms with Gasteiger partial charge in [-0.3, -0.25) is 0 Å². The molecular weight excluding hydrogens is 312 g/mol. The lowest BCUT2D eigenvalue weighted by molar-refractivity contribution is 0.570. The first kappa shape index (κ1) is 17.9. The van der Waals surface area contributed by atoms with Gasteiger partial charge < -0.3 is 5.32 Å². The number of benzene rings is 1. The summed E-state index contributed by atoms with van der Waals surface area (Å²) in [5, 5.41) is 3.01. The highest BCUT2D eigenvalue weighted by Crippen LogP contribution is 2.25. The van der Waals surface area contributed by atoms with Gasteiger partial charge in [-0.2, -0.15) is 0 Å². The molecule has 0 radical (unpaired) electrons. The maximum atomic E-state index is 12.4. The van der Waals surface area contributed by atoms with Crippen molar-refractivity contribution in [2.75, 3.05) is 18.1 Å². The molecule has 0 aliphatic rings. The minimum Gasteiger partial charge on any atom is -0.384 e. The van der Waals surface area contributed by atoms with Crippen molar-refractivity contribution in [1.82, 2.24) is 4.72 Å². The van der Waals surface area contributed by atoms with E-state index in [2.05, 4.69) is 10.0 Å². The van der Waals surface area contributed by atoms with Crippen LogP contribution in [0.3, 0.4) is 0 Å². The van der Waals surface area contributed by atoms with Crippen molar-refractivity contribution in [2.24, 2.45) is 0 Å². The lowest BCUT2D eigenvalue weighted by Gasteiger charge is -2.15. The van der Waals surface area contributed by atoms with E-state index in [0.717, 1.165) is 12.7 Å². The van der Waals surface area contributed by atoms with E-state index in [-0.39, 0.29) is 15.8 Å². The van der Waals surface area contributed by atoms with E-state index in [1.165, 1.54) is 18.2 Å². The summed E-state index contributed by atoms with van der Waals surface area (Å²) in [5.41, 5.74) is 0.400. The van der Waals surface area contributed by atoms with Crippen molar-refractivity contribution in [3.8, 4) is 0 Å². The highest BCUT2D eigenvalue weighted by molar-refractivity contribution is 7.91. The zero-order chi connectivity index (χ0) is 16.3. The summed E-state index contributed by atoms with van der Waals surface area (Å²) < 4.78 is 50.4. The molecule has 6 nitrogen and oxygen atoms in total. The second kappa shape index (κ2) is 6.76. The molecule has 0 amide bonds. The number of sulfonamides is 1.